The van der Waals surface area contributed by atoms with E-state index in [0.717, 1.165) is 44.0 Å². The predicted octanol–water partition coefficient (Wildman–Crippen LogP) is 0.962. The molecule has 3 rings (SSSR count). The highest BCUT2D eigenvalue weighted by molar-refractivity contribution is 5.08. The van der Waals surface area contributed by atoms with Crippen LogP contribution in [0.3, 0.4) is 0 Å². The minimum atomic E-state index is 0.189. The van der Waals surface area contributed by atoms with Crippen LogP contribution in [0.2, 0.25) is 0 Å². The van der Waals surface area contributed by atoms with Crippen molar-refractivity contribution >= 4 is 0 Å². The Morgan fingerprint density at radius 2 is 2.06 bits per heavy atom. The molecule has 2 aliphatic rings. The summed E-state index contributed by atoms with van der Waals surface area (Å²) in [5.41, 5.74) is 0. The lowest BCUT2D eigenvalue weighted by Crippen LogP contribution is -2.30. The molecule has 0 aliphatic carbocycles. The molecular weight excluding hydrogens is 216 g/mol. The molecule has 17 heavy (non-hydrogen) atoms. The van der Waals surface area contributed by atoms with Crippen LogP contribution < -0.4 is 5.32 Å². The van der Waals surface area contributed by atoms with Crippen molar-refractivity contribution in [2.24, 2.45) is 0 Å². The number of fused-ring (bicyclic) bond motifs is 1. The highest BCUT2D eigenvalue weighted by Gasteiger charge is 2.28. The Labute approximate surface area is 101 Å². The van der Waals surface area contributed by atoms with E-state index in [2.05, 4.69) is 20.1 Å². The molecule has 0 aromatic carbocycles. The molecule has 1 aromatic heterocycles. The summed E-state index contributed by atoms with van der Waals surface area (Å²) in [4.78, 5) is 0. The standard InChI is InChI=1S/C12H20N4O/c17-8-9-4-3-7-16-11(9)14-15-12(16)10-5-1-2-6-13-10/h9-10,13,17H,1-8H2. The zero-order valence-corrected chi connectivity index (χ0v) is 10.1. The van der Waals surface area contributed by atoms with E-state index in [4.69, 9.17) is 0 Å². The first-order valence-electron chi connectivity index (χ1n) is 6.67. The van der Waals surface area contributed by atoms with Crippen LogP contribution >= 0.6 is 0 Å². The van der Waals surface area contributed by atoms with Crippen LogP contribution in [-0.2, 0) is 6.54 Å². The zero-order valence-electron chi connectivity index (χ0n) is 10.1. The van der Waals surface area contributed by atoms with Gasteiger partial charge in [0.15, 0.2) is 0 Å². The van der Waals surface area contributed by atoms with Crippen LogP contribution in [0.15, 0.2) is 0 Å². The average molecular weight is 236 g/mol. The first kappa shape index (κ1) is 11.2. The Bertz CT molecular complexity index is 384. The summed E-state index contributed by atoms with van der Waals surface area (Å²) in [5, 5.41) is 21.5. The van der Waals surface area contributed by atoms with Crippen molar-refractivity contribution in [3.8, 4) is 0 Å². The van der Waals surface area contributed by atoms with Gasteiger partial charge in [-0.25, -0.2) is 0 Å². The van der Waals surface area contributed by atoms with Gasteiger partial charge in [0, 0.05) is 12.5 Å². The number of aliphatic hydroxyl groups excluding tert-OH is 1. The van der Waals surface area contributed by atoms with E-state index < -0.39 is 0 Å². The van der Waals surface area contributed by atoms with Gasteiger partial charge in [-0.05, 0) is 32.2 Å². The molecule has 94 valence electrons. The minimum Gasteiger partial charge on any atom is -0.396 e. The number of piperidine rings is 1. The summed E-state index contributed by atoms with van der Waals surface area (Å²) in [6, 6.07) is 0.363. The van der Waals surface area contributed by atoms with Crippen LogP contribution in [0.5, 0.6) is 0 Å². The number of rotatable bonds is 2. The third-order valence-corrected chi connectivity index (χ3v) is 3.95. The van der Waals surface area contributed by atoms with Gasteiger partial charge in [-0.3, -0.25) is 0 Å². The van der Waals surface area contributed by atoms with E-state index >= 15 is 0 Å². The fourth-order valence-electron chi connectivity index (χ4n) is 2.99. The second kappa shape index (κ2) is 4.74. The van der Waals surface area contributed by atoms with Crippen molar-refractivity contribution in [2.75, 3.05) is 13.2 Å². The predicted molar refractivity (Wildman–Crippen MR) is 63.7 cm³/mol. The van der Waals surface area contributed by atoms with E-state index in [0.29, 0.717) is 6.04 Å². The van der Waals surface area contributed by atoms with E-state index in [1.165, 1.54) is 12.8 Å². The van der Waals surface area contributed by atoms with Gasteiger partial charge in [-0.15, -0.1) is 10.2 Å². The number of nitrogens with zero attached hydrogens (tertiary/aromatic N) is 3. The van der Waals surface area contributed by atoms with Gasteiger partial charge in [0.05, 0.1) is 12.6 Å². The van der Waals surface area contributed by atoms with Crippen molar-refractivity contribution in [2.45, 2.75) is 50.6 Å². The lowest BCUT2D eigenvalue weighted by Gasteiger charge is -2.26. The first-order chi connectivity index (χ1) is 8.40. The van der Waals surface area contributed by atoms with Crippen molar-refractivity contribution in [3.63, 3.8) is 0 Å². The van der Waals surface area contributed by atoms with Crippen LogP contribution in [0, 0.1) is 0 Å². The van der Waals surface area contributed by atoms with E-state index in [1.807, 2.05) is 0 Å². The van der Waals surface area contributed by atoms with Gasteiger partial charge >= 0.3 is 0 Å². The molecule has 1 aromatic rings. The van der Waals surface area contributed by atoms with Crippen LogP contribution in [-0.4, -0.2) is 33.0 Å². The summed E-state index contributed by atoms with van der Waals surface area (Å²) in [7, 11) is 0. The highest BCUT2D eigenvalue weighted by atomic mass is 16.3. The molecule has 5 heteroatoms. The molecule has 2 unspecified atom stereocenters. The number of hydrogen-bond donors (Lipinski definition) is 2. The molecule has 0 radical (unpaired) electrons. The molecular formula is C12H20N4O. The smallest absolute Gasteiger partial charge is 0.150 e. The van der Waals surface area contributed by atoms with Gasteiger partial charge in [0.1, 0.15) is 11.6 Å². The Balaban J connectivity index is 1.88. The molecule has 2 N–H and O–H groups in total. The Hall–Kier alpha value is -0.940. The maximum absolute atomic E-state index is 9.36. The van der Waals surface area contributed by atoms with E-state index in [9.17, 15) is 5.11 Å². The number of aliphatic hydroxyl groups is 1. The maximum atomic E-state index is 9.36. The fraction of sp³-hybridized carbons (Fsp3) is 0.833. The average Bonchev–Trinajstić information content (AvgIpc) is 2.83. The molecule has 3 heterocycles. The van der Waals surface area contributed by atoms with Crippen molar-refractivity contribution in [1.82, 2.24) is 20.1 Å². The Morgan fingerprint density at radius 1 is 1.18 bits per heavy atom. The SMILES string of the molecule is OCC1CCCn2c1nnc2C1CCCCN1. The first-order valence-corrected chi connectivity index (χ1v) is 6.67. The largest absolute Gasteiger partial charge is 0.396 e. The highest BCUT2D eigenvalue weighted by Crippen LogP contribution is 2.29. The number of aromatic nitrogens is 3. The van der Waals surface area contributed by atoms with Gasteiger partial charge in [0.25, 0.3) is 0 Å². The summed E-state index contributed by atoms with van der Waals surface area (Å²) in [5.74, 6) is 2.26. The third-order valence-electron chi connectivity index (χ3n) is 3.95. The fourth-order valence-corrected chi connectivity index (χ4v) is 2.99. The summed E-state index contributed by atoms with van der Waals surface area (Å²) >= 11 is 0. The molecule has 1 fully saturated rings. The molecule has 1 saturated heterocycles. The van der Waals surface area contributed by atoms with E-state index in [-0.39, 0.29) is 12.5 Å². The Kier molecular flexibility index (Phi) is 3.11. The monoisotopic (exact) mass is 236 g/mol. The van der Waals surface area contributed by atoms with Gasteiger partial charge in [-0.1, -0.05) is 6.42 Å². The second-order valence-corrected chi connectivity index (χ2v) is 5.09. The number of hydrogen-bond acceptors (Lipinski definition) is 4. The lowest BCUT2D eigenvalue weighted by atomic mass is 9.99. The Morgan fingerprint density at radius 3 is 2.82 bits per heavy atom. The van der Waals surface area contributed by atoms with Crippen LogP contribution in [0.4, 0.5) is 0 Å². The summed E-state index contributed by atoms with van der Waals surface area (Å²) < 4.78 is 2.23. The topological polar surface area (TPSA) is 63.0 Å². The second-order valence-electron chi connectivity index (χ2n) is 5.09. The summed E-state index contributed by atoms with van der Waals surface area (Å²) in [6.45, 7) is 2.28. The minimum absolute atomic E-state index is 0.189. The molecule has 0 amide bonds. The number of nitrogens with one attached hydrogen (secondary N) is 1. The third kappa shape index (κ3) is 1.98. The molecule has 0 spiro atoms. The molecule has 5 nitrogen and oxygen atoms in total. The molecule has 0 bridgehead atoms. The quantitative estimate of drug-likeness (QED) is 0.803. The van der Waals surface area contributed by atoms with Crippen LogP contribution in [0.25, 0.3) is 0 Å². The molecule has 2 aliphatic heterocycles. The van der Waals surface area contributed by atoms with Gasteiger partial charge < -0.3 is 15.0 Å². The van der Waals surface area contributed by atoms with Crippen molar-refractivity contribution in [3.05, 3.63) is 11.6 Å². The van der Waals surface area contributed by atoms with Crippen molar-refractivity contribution < 1.29 is 5.11 Å². The normalized spacial score (nSPS) is 29.0. The lowest BCUT2D eigenvalue weighted by molar-refractivity contribution is 0.235. The molecule has 0 saturated carbocycles. The summed E-state index contributed by atoms with van der Waals surface area (Å²) in [6.07, 6.45) is 5.84. The van der Waals surface area contributed by atoms with Gasteiger partial charge in [0.2, 0.25) is 0 Å². The zero-order chi connectivity index (χ0) is 11.7. The molecule has 2 atom stereocenters. The van der Waals surface area contributed by atoms with Gasteiger partial charge in [-0.2, -0.15) is 0 Å². The van der Waals surface area contributed by atoms with Crippen molar-refractivity contribution in [1.29, 1.82) is 0 Å². The van der Waals surface area contributed by atoms with Crippen LogP contribution in [0.1, 0.15) is 55.7 Å². The maximum Gasteiger partial charge on any atom is 0.150 e. The van der Waals surface area contributed by atoms with E-state index in [1.54, 1.807) is 0 Å².